The van der Waals surface area contributed by atoms with Gasteiger partial charge in [-0.15, -0.1) is 0 Å². The van der Waals surface area contributed by atoms with Gasteiger partial charge in [-0.1, -0.05) is 29.8 Å². The van der Waals surface area contributed by atoms with Gasteiger partial charge >= 0.3 is 7.12 Å². The normalized spacial score (nSPS) is 16.1. The van der Waals surface area contributed by atoms with E-state index in [1.165, 1.54) is 0 Å². The van der Waals surface area contributed by atoms with E-state index in [4.69, 9.17) is 9.31 Å². The molecule has 0 spiro atoms. The molecule has 160 valence electrons. The smallest absolute Gasteiger partial charge is 0.408 e. The van der Waals surface area contributed by atoms with Crippen LogP contribution in [0.25, 0.3) is 0 Å². The molecule has 1 aromatic rings. The molecular formula is C18H25BBr3N3O4. The fourth-order valence-corrected chi connectivity index (χ4v) is 4.51. The Hall–Kier alpha value is -0.455. The molecule has 1 aromatic carbocycles. The van der Waals surface area contributed by atoms with Crippen LogP contribution in [0.1, 0.15) is 30.6 Å². The van der Waals surface area contributed by atoms with Crippen molar-refractivity contribution in [1.29, 1.82) is 0 Å². The molecule has 1 aliphatic heterocycles. The lowest BCUT2D eigenvalue weighted by Gasteiger charge is -2.27. The Balaban J connectivity index is 1.96. The monoisotopic (exact) mass is 595 g/mol. The predicted molar refractivity (Wildman–Crippen MR) is 124 cm³/mol. The van der Waals surface area contributed by atoms with Crippen LogP contribution in [0.2, 0.25) is 0 Å². The molecule has 1 heterocycles. The topological polar surface area (TPSA) is 88.7 Å². The Kier molecular flexibility index (Phi) is 10.6. The highest BCUT2D eigenvalue weighted by Crippen LogP contribution is 2.30. The Morgan fingerprint density at radius 1 is 1.17 bits per heavy atom. The minimum atomic E-state index is -0.505. The summed E-state index contributed by atoms with van der Waals surface area (Å²) in [5.74, 6) is -0.578. The van der Waals surface area contributed by atoms with Gasteiger partial charge in [-0.05, 0) is 56.3 Å². The van der Waals surface area contributed by atoms with Crippen LogP contribution < -0.4 is 16.0 Å². The van der Waals surface area contributed by atoms with Crippen LogP contribution in [0.5, 0.6) is 0 Å². The second-order valence-electron chi connectivity index (χ2n) is 7.10. The molecule has 7 nitrogen and oxygen atoms in total. The highest BCUT2D eigenvalue weighted by molar-refractivity contribution is 9.13. The van der Waals surface area contributed by atoms with Crippen LogP contribution in [0.4, 0.5) is 0 Å². The van der Waals surface area contributed by atoms with E-state index in [2.05, 4.69) is 77.6 Å². The van der Waals surface area contributed by atoms with Gasteiger partial charge < -0.3 is 25.3 Å². The van der Waals surface area contributed by atoms with Crippen molar-refractivity contribution in [2.24, 2.45) is 5.92 Å². The number of carbonyl (C=O) groups excluding carboxylic acids is 2. The number of hydrogen-bond donors (Lipinski definition) is 3. The van der Waals surface area contributed by atoms with E-state index in [9.17, 15) is 9.59 Å². The summed E-state index contributed by atoms with van der Waals surface area (Å²) in [6, 6.07) is 3.52. The molecule has 2 rings (SSSR count). The van der Waals surface area contributed by atoms with Crippen molar-refractivity contribution in [3.63, 3.8) is 0 Å². The molecule has 11 heteroatoms. The Morgan fingerprint density at radius 2 is 1.83 bits per heavy atom. The van der Waals surface area contributed by atoms with E-state index in [0.717, 1.165) is 22.0 Å². The molecule has 29 heavy (non-hydrogen) atoms. The summed E-state index contributed by atoms with van der Waals surface area (Å²) >= 11 is 10.1. The quantitative estimate of drug-likeness (QED) is 0.332. The number of rotatable bonds is 7. The lowest BCUT2D eigenvalue weighted by atomic mass is 9.73. The van der Waals surface area contributed by atoms with Crippen LogP contribution in [0, 0.1) is 5.92 Å². The molecule has 0 radical (unpaired) electrons. The van der Waals surface area contributed by atoms with Crippen molar-refractivity contribution in [3.8, 4) is 0 Å². The van der Waals surface area contributed by atoms with Crippen molar-refractivity contribution in [1.82, 2.24) is 16.0 Å². The zero-order chi connectivity index (χ0) is 21.4. The molecule has 3 N–H and O–H groups in total. The molecule has 1 aliphatic rings. The van der Waals surface area contributed by atoms with Crippen LogP contribution >= 0.6 is 47.8 Å². The first-order chi connectivity index (χ1) is 13.8. The van der Waals surface area contributed by atoms with Gasteiger partial charge in [-0.2, -0.15) is 0 Å². The zero-order valence-electron chi connectivity index (χ0n) is 16.4. The van der Waals surface area contributed by atoms with E-state index in [0.29, 0.717) is 35.6 Å². The summed E-state index contributed by atoms with van der Waals surface area (Å²) in [6.07, 6.45) is 0.710. The standard InChI is InChI=1S/C18H25BBr3N3O4/c1-11(2)7-15(19-28-5-3-23-4-6-29-19)25-16(26)10-24-18(27)13-8-12(20)9-14(21)17(13)22/h8-9,11,15,23H,3-7,10H2,1-2H3,(H,24,27)(H,25,26)/t15-/m0/s1. The van der Waals surface area contributed by atoms with E-state index >= 15 is 0 Å². The Bertz CT molecular complexity index is 716. The van der Waals surface area contributed by atoms with E-state index in [1.54, 1.807) is 6.07 Å². The fourth-order valence-electron chi connectivity index (χ4n) is 2.88. The lowest BCUT2D eigenvalue weighted by Crippen LogP contribution is -2.53. The molecule has 0 unspecified atom stereocenters. The Morgan fingerprint density at radius 3 is 2.45 bits per heavy atom. The highest BCUT2D eigenvalue weighted by atomic mass is 79.9. The molecule has 0 bridgehead atoms. The molecule has 1 fully saturated rings. The third-order valence-corrected chi connectivity index (χ3v) is 6.64. The number of amides is 2. The maximum absolute atomic E-state index is 12.5. The average Bonchev–Trinajstić information content (AvgIpc) is 2.61. The molecule has 0 aliphatic carbocycles. The van der Waals surface area contributed by atoms with Gasteiger partial charge in [0.15, 0.2) is 0 Å². The third-order valence-electron chi connectivity index (χ3n) is 4.17. The van der Waals surface area contributed by atoms with Gasteiger partial charge in [0.1, 0.15) is 0 Å². The number of halogens is 3. The first kappa shape index (κ1) is 24.8. The number of carbonyl (C=O) groups is 2. The van der Waals surface area contributed by atoms with Gasteiger partial charge in [0.25, 0.3) is 5.91 Å². The summed E-state index contributed by atoms with van der Waals surface area (Å²) in [5, 5.41) is 8.81. The first-order valence-corrected chi connectivity index (χ1v) is 11.8. The molecule has 1 saturated heterocycles. The molecule has 1 atom stereocenters. The second-order valence-corrected chi connectivity index (χ2v) is 9.66. The van der Waals surface area contributed by atoms with Crippen LogP contribution in [0.3, 0.4) is 0 Å². The van der Waals surface area contributed by atoms with Crippen molar-refractivity contribution in [3.05, 3.63) is 31.1 Å². The zero-order valence-corrected chi connectivity index (χ0v) is 21.2. The van der Waals surface area contributed by atoms with Gasteiger partial charge in [0.2, 0.25) is 5.91 Å². The SMILES string of the molecule is CC(C)C[C@H](NC(=O)CNC(=O)c1cc(Br)cc(Br)c1Br)B1OCCNCCO1. The van der Waals surface area contributed by atoms with Gasteiger partial charge in [0.05, 0.1) is 18.0 Å². The minimum absolute atomic E-state index is 0.141. The number of benzene rings is 1. The molecule has 0 aromatic heterocycles. The van der Waals surface area contributed by atoms with Crippen LogP contribution in [-0.2, 0) is 14.1 Å². The summed E-state index contributed by atoms with van der Waals surface area (Å²) < 4.78 is 13.7. The number of hydrogen-bond acceptors (Lipinski definition) is 5. The summed E-state index contributed by atoms with van der Waals surface area (Å²) in [7, 11) is -0.505. The highest BCUT2D eigenvalue weighted by Gasteiger charge is 2.33. The van der Waals surface area contributed by atoms with Crippen molar-refractivity contribution < 1.29 is 18.9 Å². The second kappa shape index (κ2) is 12.4. The summed E-state index contributed by atoms with van der Waals surface area (Å²) in [6.45, 7) is 6.53. The van der Waals surface area contributed by atoms with Crippen molar-refractivity contribution in [2.75, 3.05) is 32.8 Å². The minimum Gasteiger partial charge on any atom is -0.408 e. The fraction of sp³-hybridized carbons (Fsp3) is 0.556. The summed E-state index contributed by atoms with van der Waals surface area (Å²) in [5.41, 5.74) is 0.428. The predicted octanol–water partition coefficient (Wildman–Crippen LogP) is 2.90. The first-order valence-electron chi connectivity index (χ1n) is 9.44. The van der Waals surface area contributed by atoms with Crippen molar-refractivity contribution >= 4 is 66.7 Å². The lowest BCUT2D eigenvalue weighted by molar-refractivity contribution is -0.120. The molecule has 0 saturated carbocycles. The largest absolute Gasteiger partial charge is 0.480 e. The Labute approximate surface area is 196 Å². The number of nitrogens with one attached hydrogen (secondary N) is 3. The maximum Gasteiger partial charge on any atom is 0.480 e. The van der Waals surface area contributed by atoms with E-state index in [1.807, 2.05) is 6.07 Å². The summed E-state index contributed by atoms with van der Waals surface area (Å²) in [4.78, 5) is 25.0. The molecule has 2 amide bonds. The van der Waals surface area contributed by atoms with Gasteiger partial charge in [-0.3, -0.25) is 9.59 Å². The molecular weight excluding hydrogens is 573 g/mol. The van der Waals surface area contributed by atoms with E-state index in [-0.39, 0.29) is 24.3 Å². The average molecular weight is 598 g/mol. The van der Waals surface area contributed by atoms with Crippen molar-refractivity contribution in [2.45, 2.75) is 26.2 Å². The van der Waals surface area contributed by atoms with E-state index < -0.39 is 7.12 Å². The van der Waals surface area contributed by atoms with Crippen LogP contribution in [0.15, 0.2) is 25.6 Å². The third kappa shape index (κ3) is 8.30. The van der Waals surface area contributed by atoms with Crippen LogP contribution in [-0.4, -0.2) is 57.7 Å². The van der Waals surface area contributed by atoms with Gasteiger partial charge in [-0.25, -0.2) is 0 Å². The van der Waals surface area contributed by atoms with Gasteiger partial charge in [0, 0.05) is 39.7 Å². The maximum atomic E-state index is 12.5.